The molecule has 8 heteroatoms. The molecule has 1 saturated heterocycles. The molecule has 0 radical (unpaired) electrons. The van der Waals surface area contributed by atoms with E-state index in [0.29, 0.717) is 25.6 Å². The van der Waals surface area contributed by atoms with Crippen LogP contribution >= 0.6 is 24.8 Å². The van der Waals surface area contributed by atoms with E-state index in [2.05, 4.69) is 27.7 Å². The van der Waals surface area contributed by atoms with Crippen molar-refractivity contribution >= 4 is 30.7 Å². The number of carbonyl (C=O) groups excluding carboxylic acids is 1. The Morgan fingerprint density at radius 3 is 2.41 bits per heavy atom. The number of piperidine rings is 1. The third-order valence-electron chi connectivity index (χ3n) is 4.63. The largest absolute Gasteiger partial charge is 0.497 e. The minimum absolute atomic E-state index is 0. The lowest BCUT2D eigenvalue weighted by Gasteiger charge is -2.32. The molecule has 2 rings (SSSR count). The van der Waals surface area contributed by atoms with Crippen LogP contribution < -0.4 is 15.4 Å². The fraction of sp³-hybridized carbons (Fsp3) is 0.632. The average Bonchev–Trinajstić information content (AvgIpc) is 2.65. The zero-order chi connectivity index (χ0) is 17.9. The van der Waals surface area contributed by atoms with Crippen LogP contribution in [0.3, 0.4) is 0 Å². The summed E-state index contributed by atoms with van der Waals surface area (Å²) in [4.78, 5) is 14.3. The molecule has 0 bridgehead atoms. The molecule has 0 aromatic heterocycles. The summed E-state index contributed by atoms with van der Waals surface area (Å²) in [7, 11) is 3.34. The number of halogens is 2. The van der Waals surface area contributed by atoms with E-state index in [1.165, 1.54) is 5.56 Å². The van der Waals surface area contributed by atoms with Crippen LogP contribution in [0.25, 0.3) is 0 Å². The Balaban J connectivity index is 0.00000338. The van der Waals surface area contributed by atoms with E-state index in [9.17, 15) is 4.79 Å². The zero-order valence-electron chi connectivity index (χ0n) is 16.2. The fourth-order valence-corrected chi connectivity index (χ4v) is 3.03. The number of methoxy groups -OCH3 is 2. The molecule has 156 valence electrons. The second-order valence-electron chi connectivity index (χ2n) is 6.54. The van der Waals surface area contributed by atoms with Crippen molar-refractivity contribution in [2.24, 2.45) is 5.92 Å². The third-order valence-corrected chi connectivity index (χ3v) is 4.63. The maximum Gasteiger partial charge on any atom is 0.233 e. The van der Waals surface area contributed by atoms with Gasteiger partial charge in [-0.1, -0.05) is 12.1 Å². The van der Waals surface area contributed by atoms with Crippen molar-refractivity contribution < 1.29 is 14.3 Å². The zero-order valence-corrected chi connectivity index (χ0v) is 17.9. The van der Waals surface area contributed by atoms with Crippen LogP contribution in [0.1, 0.15) is 18.4 Å². The van der Waals surface area contributed by atoms with E-state index >= 15 is 0 Å². The number of likely N-dealkylation sites (tertiary alicyclic amines) is 1. The number of amides is 1. The summed E-state index contributed by atoms with van der Waals surface area (Å²) in [5.41, 5.74) is 1.31. The van der Waals surface area contributed by atoms with Crippen LogP contribution in [0.4, 0.5) is 0 Å². The molecule has 0 atom stereocenters. The van der Waals surface area contributed by atoms with Gasteiger partial charge in [-0.3, -0.25) is 9.69 Å². The normalized spacial score (nSPS) is 14.7. The van der Waals surface area contributed by atoms with Gasteiger partial charge in [0.2, 0.25) is 5.91 Å². The summed E-state index contributed by atoms with van der Waals surface area (Å²) in [6.45, 7) is 5.61. The molecule has 0 saturated carbocycles. The van der Waals surface area contributed by atoms with Crippen LogP contribution in [0, 0.1) is 5.92 Å². The Hall–Kier alpha value is -1.05. The molecule has 1 aromatic rings. The summed E-state index contributed by atoms with van der Waals surface area (Å²) in [6, 6.07) is 8.28. The number of hydrogen-bond acceptors (Lipinski definition) is 5. The molecule has 1 heterocycles. The van der Waals surface area contributed by atoms with Crippen molar-refractivity contribution in [1.29, 1.82) is 0 Å². The van der Waals surface area contributed by atoms with Gasteiger partial charge in [0.05, 0.1) is 20.3 Å². The fourth-order valence-electron chi connectivity index (χ4n) is 3.03. The van der Waals surface area contributed by atoms with Crippen molar-refractivity contribution in [3.8, 4) is 5.75 Å². The molecule has 0 spiro atoms. The van der Waals surface area contributed by atoms with E-state index in [0.717, 1.165) is 44.8 Å². The van der Waals surface area contributed by atoms with Gasteiger partial charge in [-0.25, -0.2) is 0 Å². The van der Waals surface area contributed by atoms with Crippen LogP contribution in [-0.4, -0.2) is 64.4 Å². The summed E-state index contributed by atoms with van der Waals surface area (Å²) in [5, 5.41) is 6.09. The van der Waals surface area contributed by atoms with Gasteiger partial charge in [-0.15, -0.1) is 24.8 Å². The second-order valence-corrected chi connectivity index (χ2v) is 6.54. The minimum Gasteiger partial charge on any atom is -0.497 e. The van der Waals surface area contributed by atoms with Crippen molar-refractivity contribution in [3.05, 3.63) is 29.8 Å². The first-order valence-electron chi connectivity index (χ1n) is 9.03. The summed E-state index contributed by atoms with van der Waals surface area (Å²) < 4.78 is 10.1. The molecule has 6 nitrogen and oxygen atoms in total. The van der Waals surface area contributed by atoms with Gasteiger partial charge in [0.25, 0.3) is 0 Å². The Labute approximate surface area is 175 Å². The molecule has 1 fully saturated rings. The number of rotatable bonds is 10. The molecule has 1 amide bonds. The predicted molar refractivity (Wildman–Crippen MR) is 113 cm³/mol. The van der Waals surface area contributed by atoms with Crippen LogP contribution in [0.2, 0.25) is 0 Å². The molecule has 1 aromatic carbocycles. The highest BCUT2D eigenvalue weighted by atomic mass is 35.5. The first-order valence-corrected chi connectivity index (χ1v) is 9.03. The van der Waals surface area contributed by atoms with Gasteiger partial charge in [0, 0.05) is 26.7 Å². The molecular weight excluding hydrogens is 389 g/mol. The average molecular weight is 422 g/mol. The molecule has 0 aliphatic carbocycles. The first kappa shape index (κ1) is 26.0. The Morgan fingerprint density at radius 1 is 1.15 bits per heavy atom. The predicted octanol–water partition coefficient (Wildman–Crippen LogP) is 2.10. The van der Waals surface area contributed by atoms with Gasteiger partial charge in [0.15, 0.2) is 0 Å². The van der Waals surface area contributed by atoms with E-state index in [4.69, 9.17) is 9.47 Å². The van der Waals surface area contributed by atoms with Crippen molar-refractivity contribution in [3.63, 3.8) is 0 Å². The number of carbonyl (C=O) groups is 1. The highest BCUT2D eigenvalue weighted by Crippen LogP contribution is 2.19. The van der Waals surface area contributed by atoms with Gasteiger partial charge < -0.3 is 20.1 Å². The van der Waals surface area contributed by atoms with Crippen molar-refractivity contribution in [2.75, 3.05) is 53.6 Å². The van der Waals surface area contributed by atoms with Crippen LogP contribution in [-0.2, 0) is 16.1 Å². The van der Waals surface area contributed by atoms with E-state index in [1.54, 1.807) is 14.2 Å². The minimum atomic E-state index is 0. The molecule has 0 unspecified atom stereocenters. The van der Waals surface area contributed by atoms with Crippen LogP contribution in [0.5, 0.6) is 5.75 Å². The maximum absolute atomic E-state index is 11.8. The number of nitrogens with one attached hydrogen (secondary N) is 2. The van der Waals surface area contributed by atoms with Gasteiger partial charge in [-0.2, -0.15) is 0 Å². The van der Waals surface area contributed by atoms with Gasteiger partial charge in [-0.05, 0) is 49.5 Å². The highest BCUT2D eigenvalue weighted by Gasteiger charge is 2.19. The number of hydrogen-bond donors (Lipinski definition) is 2. The molecule has 27 heavy (non-hydrogen) atoms. The lowest BCUT2D eigenvalue weighted by Crippen LogP contribution is -2.41. The SMILES string of the molecule is COCCNCC(=O)NCC1CCN(Cc2ccc(OC)cc2)CC1.Cl.Cl. The second kappa shape index (κ2) is 14.9. The Morgan fingerprint density at radius 2 is 1.81 bits per heavy atom. The molecular formula is C19H33Cl2N3O3. The van der Waals surface area contributed by atoms with Crippen molar-refractivity contribution in [1.82, 2.24) is 15.5 Å². The quantitative estimate of drug-likeness (QED) is 0.566. The smallest absolute Gasteiger partial charge is 0.233 e. The number of ether oxygens (including phenoxy) is 2. The Bertz CT molecular complexity index is 509. The first-order chi connectivity index (χ1) is 12.2. The molecule has 1 aliphatic rings. The molecule has 1 aliphatic heterocycles. The Kier molecular flexibility index (Phi) is 14.4. The van der Waals surface area contributed by atoms with E-state index in [1.807, 2.05) is 12.1 Å². The lowest BCUT2D eigenvalue weighted by molar-refractivity contribution is -0.120. The number of nitrogens with zero attached hydrogens (tertiary/aromatic N) is 1. The van der Waals surface area contributed by atoms with Gasteiger partial charge >= 0.3 is 0 Å². The third kappa shape index (κ3) is 10.2. The number of benzene rings is 1. The monoisotopic (exact) mass is 421 g/mol. The summed E-state index contributed by atoms with van der Waals surface area (Å²) >= 11 is 0. The van der Waals surface area contributed by atoms with E-state index < -0.39 is 0 Å². The summed E-state index contributed by atoms with van der Waals surface area (Å²) in [5.74, 6) is 1.54. The lowest BCUT2D eigenvalue weighted by atomic mass is 9.96. The summed E-state index contributed by atoms with van der Waals surface area (Å²) in [6.07, 6.45) is 2.26. The standard InChI is InChI=1S/C19H31N3O3.2ClH/c1-24-12-9-20-14-19(23)21-13-16-7-10-22(11-8-16)15-17-3-5-18(25-2)6-4-17;;/h3-6,16,20H,7-15H2,1-2H3,(H,21,23);2*1H. The van der Waals surface area contributed by atoms with Crippen LogP contribution in [0.15, 0.2) is 24.3 Å². The van der Waals surface area contributed by atoms with Crippen molar-refractivity contribution in [2.45, 2.75) is 19.4 Å². The maximum atomic E-state index is 11.8. The topological polar surface area (TPSA) is 62.8 Å². The van der Waals surface area contributed by atoms with Gasteiger partial charge in [0.1, 0.15) is 5.75 Å². The molecule has 2 N–H and O–H groups in total. The van der Waals surface area contributed by atoms with E-state index in [-0.39, 0.29) is 30.7 Å². The highest BCUT2D eigenvalue weighted by molar-refractivity contribution is 5.85.